The second kappa shape index (κ2) is 5.48. The van der Waals surface area contributed by atoms with Crippen LogP contribution in [0.3, 0.4) is 0 Å². The van der Waals surface area contributed by atoms with E-state index >= 15 is 0 Å². The largest absolute Gasteiger partial charge is 0.341 e. The lowest BCUT2D eigenvalue weighted by molar-refractivity contribution is -0.130. The quantitative estimate of drug-likeness (QED) is 0.491. The highest BCUT2D eigenvalue weighted by atomic mass is 16.2. The number of carbonyl (C=O) groups excluding carboxylic acids is 2. The van der Waals surface area contributed by atoms with Crippen molar-refractivity contribution in [2.45, 2.75) is 19.9 Å². The van der Waals surface area contributed by atoms with E-state index < -0.39 is 6.04 Å². The first-order valence-corrected chi connectivity index (χ1v) is 4.11. The number of likely N-dealkylation sites (N-methyl/N-ethyl adjacent to an activating group) is 1. The Morgan fingerprint density at radius 1 is 1.62 bits per heavy atom. The standard InChI is InChI=1S/C9H16N2O2/c1-7(6-12)4-5-11(3)9(13)8(2)10/h4,6,8H,5,10H2,1-3H3/b7-4+/t8-/m0/s1. The summed E-state index contributed by atoms with van der Waals surface area (Å²) in [6.45, 7) is 3.75. The van der Waals surface area contributed by atoms with Crippen molar-refractivity contribution in [2.75, 3.05) is 13.6 Å². The molecule has 0 fully saturated rings. The summed E-state index contributed by atoms with van der Waals surface area (Å²) >= 11 is 0. The van der Waals surface area contributed by atoms with Crippen LogP contribution in [0.2, 0.25) is 0 Å². The van der Waals surface area contributed by atoms with Crippen molar-refractivity contribution in [2.24, 2.45) is 5.73 Å². The highest BCUT2D eigenvalue weighted by Gasteiger charge is 2.11. The topological polar surface area (TPSA) is 63.4 Å². The van der Waals surface area contributed by atoms with E-state index in [9.17, 15) is 9.59 Å². The van der Waals surface area contributed by atoms with E-state index in [1.165, 1.54) is 4.90 Å². The van der Waals surface area contributed by atoms with Crippen molar-refractivity contribution in [1.82, 2.24) is 4.90 Å². The average Bonchev–Trinajstić information content (AvgIpc) is 2.11. The van der Waals surface area contributed by atoms with E-state index in [2.05, 4.69) is 0 Å². The third-order valence-electron chi connectivity index (χ3n) is 1.64. The van der Waals surface area contributed by atoms with Crippen molar-refractivity contribution in [3.63, 3.8) is 0 Å². The van der Waals surface area contributed by atoms with E-state index in [1.807, 2.05) is 0 Å². The molecule has 0 radical (unpaired) electrons. The predicted molar refractivity (Wildman–Crippen MR) is 51.1 cm³/mol. The predicted octanol–water partition coefficient (Wildman–Crippen LogP) is -0.0628. The van der Waals surface area contributed by atoms with Gasteiger partial charge in [0, 0.05) is 13.6 Å². The van der Waals surface area contributed by atoms with Gasteiger partial charge in [0.2, 0.25) is 5.91 Å². The summed E-state index contributed by atoms with van der Waals surface area (Å²) in [5.41, 5.74) is 6.01. The molecular formula is C9H16N2O2. The van der Waals surface area contributed by atoms with Gasteiger partial charge in [0.05, 0.1) is 6.04 Å². The highest BCUT2D eigenvalue weighted by Crippen LogP contribution is 1.92. The summed E-state index contributed by atoms with van der Waals surface area (Å²) in [4.78, 5) is 22.9. The van der Waals surface area contributed by atoms with E-state index in [1.54, 1.807) is 27.0 Å². The van der Waals surface area contributed by atoms with Crippen LogP contribution in [0.25, 0.3) is 0 Å². The normalized spacial score (nSPS) is 13.7. The van der Waals surface area contributed by atoms with Gasteiger partial charge in [-0.3, -0.25) is 9.59 Å². The molecule has 0 heterocycles. The number of nitrogens with zero attached hydrogens (tertiary/aromatic N) is 1. The first-order chi connectivity index (χ1) is 5.99. The maximum atomic E-state index is 11.2. The minimum absolute atomic E-state index is 0.130. The van der Waals surface area contributed by atoms with Crippen molar-refractivity contribution in [3.8, 4) is 0 Å². The van der Waals surface area contributed by atoms with Crippen LogP contribution in [0.15, 0.2) is 11.6 Å². The monoisotopic (exact) mass is 184 g/mol. The summed E-state index contributed by atoms with van der Waals surface area (Å²) in [5.74, 6) is -0.130. The average molecular weight is 184 g/mol. The zero-order valence-corrected chi connectivity index (χ0v) is 8.28. The Kier molecular flexibility index (Phi) is 4.99. The lowest BCUT2D eigenvalue weighted by Crippen LogP contribution is -2.39. The van der Waals surface area contributed by atoms with E-state index in [0.717, 1.165) is 6.29 Å². The van der Waals surface area contributed by atoms with Gasteiger partial charge in [-0.1, -0.05) is 6.08 Å². The lowest BCUT2D eigenvalue weighted by Gasteiger charge is -2.17. The smallest absolute Gasteiger partial charge is 0.239 e. The number of nitrogens with two attached hydrogens (primary N) is 1. The maximum Gasteiger partial charge on any atom is 0.239 e. The number of allylic oxidation sites excluding steroid dienone is 1. The fraction of sp³-hybridized carbons (Fsp3) is 0.556. The third kappa shape index (κ3) is 4.42. The molecular weight excluding hydrogens is 168 g/mol. The van der Waals surface area contributed by atoms with Crippen LogP contribution >= 0.6 is 0 Å². The Balaban J connectivity index is 4.08. The molecule has 0 saturated heterocycles. The van der Waals surface area contributed by atoms with Crippen LogP contribution in [-0.4, -0.2) is 36.7 Å². The Hall–Kier alpha value is -1.16. The van der Waals surface area contributed by atoms with Gasteiger partial charge in [0.15, 0.2) is 0 Å². The van der Waals surface area contributed by atoms with Crippen molar-refractivity contribution in [3.05, 3.63) is 11.6 Å². The highest BCUT2D eigenvalue weighted by molar-refractivity contribution is 5.81. The third-order valence-corrected chi connectivity index (χ3v) is 1.64. The van der Waals surface area contributed by atoms with Gasteiger partial charge in [-0.05, 0) is 19.4 Å². The first-order valence-electron chi connectivity index (χ1n) is 4.11. The molecule has 74 valence electrons. The van der Waals surface area contributed by atoms with E-state index in [0.29, 0.717) is 12.1 Å². The van der Waals surface area contributed by atoms with Crippen LogP contribution in [0.4, 0.5) is 0 Å². The molecule has 0 saturated carbocycles. The number of aldehydes is 1. The Bertz CT molecular complexity index is 222. The number of hydrogen-bond acceptors (Lipinski definition) is 3. The minimum Gasteiger partial charge on any atom is -0.341 e. The maximum absolute atomic E-state index is 11.2. The number of amides is 1. The summed E-state index contributed by atoms with van der Waals surface area (Å²) in [6, 6.07) is -0.491. The molecule has 2 N–H and O–H groups in total. The number of hydrogen-bond donors (Lipinski definition) is 1. The Morgan fingerprint density at radius 3 is 2.54 bits per heavy atom. The molecule has 1 amide bonds. The van der Waals surface area contributed by atoms with Gasteiger partial charge in [-0.2, -0.15) is 0 Å². The van der Waals surface area contributed by atoms with Crippen LogP contribution in [0.1, 0.15) is 13.8 Å². The molecule has 0 aliphatic rings. The second-order valence-electron chi connectivity index (χ2n) is 3.07. The minimum atomic E-state index is -0.491. The Labute approximate surface area is 78.4 Å². The van der Waals surface area contributed by atoms with Crippen LogP contribution in [0.5, 0.6) is 0 Å². The summed E-state index contributed by atoms with van der Waals surface area (Å²) < 4.78 is 0. The van der Waals surface area contributed by atoms with Gasteiger partial charge >= 0.3 is 0 Å². The number of carbonyl (C=O) groups is 2. The second-order valence-corrected chi connectivity index (χ2v) is 3.07. The molecule has 0 aromatic carbocycles. The summed E-state index contributed by atoms with van der Waals surface area (Å²) in [7, 11) is 1.65. The molecule has 4 nitrogen and oxygen atoms in total. The van der Waals surface area contributed by atoms with Gasteiger partial charge in [-0.15, -0.1) is 0 Å². The molecule has 0 spiro atoms. The van der Waals surface area contributed by atoms with Crippen molar-refractivity contribution in [1.29, 1.82) is 0 Å². The zero-order valence-electron chi connectivity index (χ0n) is 8.28. The van der Waals surface area contributed by atoms with Gasteiger partial charge in [0.1, 0.15) is 6.29 Å². The molecule has 0 aliphatic heterocycles. The first kappa shape index (κ1) is 11.8. The fourth-order valence-electron chi connectivity index (χ4n) is 0.767. The molecule has 4 heteroatoms. The summed E-state index contributed by atoms with van der Waals surface area (Å²) in [6.07, 6.45) is 2.44. The molecule has 0 aromatic rings. The zero-order chi connectivity index (χ0) is 10.4. The van der Waals surface area contributed by atoms with E-state index in [-0.39, 0.29) is 5.91 Å². The molecule has 0 aliphatic carbocycles. The SMILES string of the molecule is C/C(C=O)=C\CN(C)C(=O)[C@H](C)N. The van der Waals surface area contributed by atoms with Crippen LogP contribution in [0, 0.1) is 0 Å². The number of rotatable bonds is 4. The summed E-state index contributed by atoms with van der Waals surface area (Å²) in [5, 5.41) is 0. The molecule has 1 atom stereocenters. The lowest BCUT2D eigenvalue weighted by atomic mass is 10.3. The molecule has 0 rings (SSSR count). The van der Waals surface area contributed by atoms with Gasteiger partial charge in [-0.25, -0.2) is 0 Å². The fourth-order valence-corrected chi connectivity index (χ4v) is 0.767. The molecule has 0 bridgehead atoms. The Morgan fingerprint density at radius 2 is 2.15 bits per heavy atom. The van der Waals surface area contributed by atoms with Crippen LogP contribution < -0.4 is 5.73 Å². The van der Waals surface area contributed by atoms with Gasteiger partial charge in [0.25, 0.3) is 0 Å². The van der Waals surface area contributed by atoms with Crippen molar-refractivity contribution >= 4 is 12.2 Å². The molecule has 0 aromatic heterocycles. The molecule has 13 heavy (non-hydrogen) atoms. The van der Waals surface area contributed by atoms with E-state index in [4.69, 9.17) is 5.73 Å². The van der Waals surface area contributed by atoms with Crippen molar-refractivity contribution < 1.29 is 9.59 Å². The molecule has 0 unspecified atom stereocenters. The van der Waals surface area contributed by atoms with Gasteiger partial charge < -0.3 is 10.6 Å². The van der Waals surface area contributed by atoms with Crippen LogP contribution in [-0.2, 0) is 9.59 Å².